The van der Waals surface area contributed by atoms with Crippen molar-refractivity contribution in [2.24, 2.45) is 7.05 Å². The molecule has 0 radical (unpaired) electrons. The van der Waals surface area contributed by atoms with E-state index in [1.165, 1.54) is 18.3 Å². The Hall–Kier alpha value is -4.20. The molecule has 0 saturated heterocycles. The SMILES string of the molecule is CN(c1ccccc1F)c1cccc2c(-c3cc4nccc(C(=O)O)c4[nH]3)nn(C)c12. The van der Waals surface area contributed by atoms with Crippen LogP contribution in [0.1, 0.15) is 10.4 Å². The first kappa shape index (κ1) is 18.8. The summed E-state index contributed by atoms with van der Waals surface area (Å²) in [5, 5.41) is 15.0. The van der Waals surface area contributed by atoms with Crippen LogP contribution >= 0.6 is 0 Å². The monoisotopic (exact) mass is 415 g/mol. The van der Waals surface area contributed by atoms with E-state index in [0.29, 0.717) is 28.1 Å². The number of para-hydroxylation sites is 2. The third-order valence-electron chi connectivity index (χ3n) is 5.43. The summed E-state index contributed by atoms with van der Waals surface area (Å²) >= 11 is 0. The normalized spacial score (nSPS) is 11.3. The van der Waals surface area contributed by atoms with Gasteiger partial charge in [0.1, 0.15) is 11.5 Å². The highest BCUT2D eigenvalue weighted by atomic mass is 19.1. The molecule has 7 nitrogen and oxygen atoms in total. The van der Waals surface area contributed by atoms with E-state index in [1.807, 2.05) is 32.3 Å². The number of halogens is 1. The van der Waals surface area contributed by atoms with Gasteiger partial charge < -0.3 is 15.0 Å². The van der Waals surface area contributed by atoms with Gasteiger partial charge in [-0.1, -0.05) is 24.3 Å². The lowest BCUT2D eigenvalue weighted by Crippen LogP contribution is -2.12. The number of nitrogens with one attached hydrogen (secondary N) is 1. The number of aromatic carboxylic acids is 1. The van der Waals surface area contributed by atoms with Crippen molar-refractivity contribution in [1.82, 2.24) is 19.7 Å². The van der Waals surface area contributed by atoms with Gasteiger partial charge in [0.15, 0.2) is 0 Å². The summed E-state index contributed by atoms with van der Waals surface area (Å²) in [6.45, 7) is 0. The van der Waals surface area contributed by atoms with Crippen LogP contribution in [0.5, 0.6) is 0 Å². The molecule has 2 aromatic carbocycles. The molecule has 0 aliphatic heterocycles. The number of hydrogen-bond acceptors (Lipinski definition) is 4. The van der Waals surface area contributed by atoms with Crippen molar-refractivity contribution in [2.45, 2.75) is 0 Å². The Labute approximate surface area is 176 Å². The number of aryl methyl sites for hydroxylation is 1. The van der Waals surface area contributed by atoms with Gasteiger partial charge in [0.25, 0.3) is 0 Å². The van der Waals surface area contributed by atoms with E-state index in [1.54, 1.807) is 33.8 Å². The average Bonchev–Trinajstić information content (AvgIpc) is 3.34. The molecule has 0 unspecified atom stereocenters. The minimum absolute atomic E-state index is 0.150. The summed E-state index contributed by atoms with van der Waals surface area (Å²) in [5.41, 5.74) is 4.55. The Morgan fingerprint density at radius 2 is 1.90 bits per heavy atom. The number of carbonyl (C=O) groups is 1. The van der Waals surface area contributed by atoms with E-state index in [0.717, 1.165) is 16.6 Å². The van der Waals surface area contributed by atoms with Gasteiger partial charge in [-0.2, -0.15) is 5.10 Å². The van der Waals surface area contributed by atoms with Crippen molar-refractivity contribution in [1.29, 1.82) is 0 Å². The highest BCUT2D eigenvalue weighted by Gasteiger charge is 2.20. The summed E-state index contributed by atoms with van der Waals surface area (Å²) in [4.78, 5) is 20.8. The molecule has 0 bridgehead atoms. The Kier molecular flexibility index (Phi) is 4.21. The summed E-state index contributed by atoms with van der Waals surface area (Å²) < 4.78 is 16.1. The molecule has 2 N–H and O–H groups in total. The first-order valence-electron chi connectivity index (χ1n) is 9.61. The van der Waals surface area contributed by atoms with Crippen LogP contribution in [-0.2, 0) is 7.05 Å². The van der Waals surface area contributed by atoms with Crippen LogP contribution in [0, 0.1) is 5.82 Å². The molecule has 3 heterocycles. The first-order valence-corrected chi connectivity index (χ1v) is 9.61. The van der Waals surface area contributed by atoms with Gasteiger partial charge in [0.05, 0.1) is 39.2 Å². The molecule has 154 valence electrons. The molecule has 5 aromatic rings. The largest absolute Gasteiger partial charge is 0.478 e. The van der Waals surface area contributed by atoms with E-state index >= 15 is 0 Å². The maximum absolute atomic E-state index is 14.4. The molecular formula is C23H18FN5O2. The number of rotatable bonds is 4. The second-order valence-corrected chi connectivity index (χ2v) is 7.26. The second kappa shape index (κ2) is 6.94. The molecule has 8 heteroatoms. The smallest absolute Gasteiger partial charge is 0.337 e. The first-order chi connectivity index (χ1) is 15.0. The molecular weight excluding hydrogens is 397 g/mol. The van der Waals surface area contributed by atoms with Gasteiger partial charge in [-0.05, 0) is 30.3 Å². The van der Waals surface area contributed by atoms with Gasteiger partial charge in [-0.3, -0.25) is 9.67 Å². The van der Waals surface area contributed by atoms with Crippen molar-refractivity contribution in [2.75, 3.05) is 11.9 Å². The fourth-order valence-corrected chi connectivity index (χ4v) is 3.97. The van der Waals surface area contributed by atoms with E-state index in [-0.39, 0.29) is 11.4 Å². The standard InChI is InChI=1S/C23H18FN5O2/c1-28(18-8-4-3-7-15(18)24)19-9-5-6-13-21(27-29(2)22(13)19)17-12-16-20(26-17)14(23(30)31)10-11-25-16/h3-12,26H,1-2H3,(H,30,31). The lowest BCUT2D eigenvalue weighted by molar-refractivity contribution is 0.0698. The van der Waals surface area contributed by atoms with Crippen molar-refractivity contribution in [3.8, 4) is 11.4 Å². The van der Waals surface area contributed by atoms with Crippen LogP contribution in [0.25, 0.3) is 33.3 Å². The summed E-state index contributed by atoms with van der Waals surface area (Å²) in [7, 11) is 3.64. The molecule has 0 aliphatic rings. The number of carboxylic acid groups (broad SMARTS) is 1. The fraction of sp³-hybridized carbons (Fsp3) is 0.0870. The number of H-pyrrole nitrogens is 1. The number of pyridine rings is 1. The van der Waals surface area contributed by atoms with E-state index in [4.69, 9.17) is 0 Å². The van der Waals surface area contributed by atoms with Crippen LogP contribution in [0.3, 0.4) is 0 Å². The van der Waals surface area contributed by atoms with Gasteiger partial charge in [-0.25, -0.2) is 9.18 Å². The number of anilines is 2. The third kappa shape index (κ3) is 2.92. The van der Waals surface area contributed by atoms with E-state index in [2.05, 4.69) is 15.1 Å². The molecule has 0 atom stereocenters. The Morgan fingerprint density at radius 1 is 1.13 bits per heavy atom. The third-order valence-corrected chi connectivity index (χ3v) is 5.43. The molecule has 0 saturated carbocycles. The molecule has 0 amide bonds. The number of benzene rings is 2. The van der Waals surface area contributed by atoms with Crippen LogP contribution in [-0.4, -0.2) is 37.9 Å². The predicted octanol–water partition coefficient (Wildman–Crippen LogP) is 4.72. The zero-order valence-corrected chi connectivity index (χ0v) is 16.8. The van der Waals surface area contributed by atoms with Crippen LogP contribution in [0.4, 0.5) is 15.8 Å². The Bertz CT molecular complexity index is 1470. The van der Waals surface area contributed by atoms with E-state index < -0.39 is 5.97 Å². The van der Waals surface area contributed by atoms with Crippen molar-refractivity contribution < 1.29 is 14.3 Å². The van der Waals surface area contributed by atoms with Crippen LogP contribution in [0.15, 0.2) is 60.8 Å². The maximum atomic E-state index is 14.4. The lowest BCUT2D eigenvalue weighted by Gasteiger charge is -2.21. The summed E-state index contributed by atoms with van der Waals surface area (Å²) in [6.07, 6.45) is 1.47. The number of aromatic nitrogens is 4. The number of carboxylic acids is 1. The topological polar surface area (TPSA) is 87.0 Å². The molecule has 0 aliphatic carbocycles. The molecule has 31 heavy (non-hydrogen) atoms. The average molecular weight is 415 g/mol. The highest BCUT2D eigenvalue weighted by molar-refractivity contribution is 6.05. The van der Waals surface area contributed by atoms with Crippen LogP contribution < -0.4 is 4.90 Å². The fourth-order valence-electron chi connectivity index (χ4n) is 3.97. The summed E-state index contributed by atoms with van der Waals surface area (Å²) in [6, 6.07) is 15.6. The van der Waals surface area contributed by atoms with Gasteiger partial charge in [-0.15, -0.1) is 0 Å². The lowest BCUT2D eigenvalue weighted by atomic mass is 10.1. The molecule has 5 rings (SSSR count). The number of nitrogens with zero attached hydrogens (tertiary/aromatic N) is 4. The second-order valence-electron chi connectivity index (χ2n) is 7.26. The zero-order chi connectivity index (χ0) is 21.7. The van der Waals surface area contributed by atoms with Crippen molar-refractivity contribution in [3.05, 3.63) is 72.2 Å². The van der Waals surface area contributed by atoms with E-state index in [9.17, 15) is 14.3 Å². The van der Waals surface area contributed by atoms with Gasteiger partial charge in [0.2, 0.25) is 0 Å². The maximum Gasteiger partial charge on any atom is 0.337 e. The number of aromatic amines is 1. The zero-order valence-electron chi connectivity index (χ0n) is 16.8. The van der Waals surface area contributed by atoms with Crippen molar-refractivity contribution in [3.63, 3.8) is 0 Å². The summed E-state index contributed by atoms with van der Waals surface area (Å²) in [5.74, 6) is -1.34. The minimum atomic E-state index is -1.03. The Balaban J connectivity index is 1.70. The van der Waals surface area contributed by atoms with Crippen molar-refractivity contribution >= 4 is 39.3 Å². The minimum Gasteiger partial charge on any atom is -0.478 e. The number of hydrogen-bond donors (Lipinski definition) is 2. The highest BCUT2D eigenvalue weighted by Crippen LogP contribution is 2.37. The van der Waals surface area contributed by atoms with Crippen LogP contribution in [0.2, 0.25) is 0 Å². The quantitative estimate of drug-likeness (QED) is 0.443. The van der Waals surface area contributed by atoms with Gasteiger partial charge in [0, 0.05) is 25.7 Å². The Morgan fingerprint density at radius 3 is 2.68 bits per heavy atom. The molecule has 0 fully saturated rings. The molecule has 0 spiro atoms. The molecule has 3 aromatic heterocycles. The van der Waals surface area contributed by atoms with Gasteiger partial charge >= 0.3 is 5.97 Å². The number of fused-ring (bicyclic) bond motifs is 2. The predicted molar refractivity (Wildman–Crippen MR) is 117 cm³/mol.